The highest BCUT2D eigenvalue weighted by atomic mass is 16.3. The zero-order valence-electron chi connectivity index (χ0n) is 12.2. The molecule has 2 N–H and O–H groups in total. The van der Waals surface area contributed by atoms with Crippen molar-refractivity contribution in [3.8, 4) is 0 Å². The van der Waals surface area contributed by atoms with Crippen molar-refractivity contribution >= 4 is 17.5 Å². The lowest BCUT2D eigenvalue weighted by Crippen LogP contribution is -2.41. The van der Waals surface area contributed by atoms with E-state index in [4.69, 9.17) is 9.52 Å². The zero-order chi connectivity index (χ0) is 15.5. The third kappa shape index (κ3) is 2.89. The van der Waals surface area contributed by atoms with Gasteiger partial charge in [-0.1, -0.05) is 0 Å². The third-order valence-corrected chi connectivity index (χ3v) is 4.04. The highest BCUT2D eigenvalue weighted by molar-refractivity contribution is 6.39. The normalized spacial score (nSPS) is 21.3. The summed E-state index contributed by atoms with van der Waals surface area (Å²) in [6, 6.07) is 1.82. The Morgan fingerprint density at radius 1 is 1.45 bits per heavy atom. The van der Waals surface area contributed by atoms with Crippen molar-refractivity contribution in [2.75, 3.05) is 13.2 Å². The molecule has 0 saturated heterocycles. The molecule has 0 spiro atoms. The predicted molar refractivity (Wildman–Crippen MR) is 78.0 cm³/mol. The van der Waals surface area contributed by atoms with Crippen molar-refractivity contribution in [1.82, 2.24) is 10.3 Å². The number of aliphatic hydroxyl groups excluding tert-OH is 1. The summed E-state index contributed by atoms with van der Waals surface area (Å²) in [5.74, 6) is 0.508. The van der Waals surface area contributed by atoms with Gasteiger partial charge in [-0.3, -0.25) is 9.59 Å². The first kappa shape index (κ1) is 14.8. The molecule has 2 amide bonds. The van der Waals surface area contributed by atoms with Crippen LogP contribution in [0.1, 0.15) is 43.0 Å². The lowest BCUT2D eigenvalue weighted by molar-refractivity contribution is -0.132. The van der Waals surface area contributed by atoms with Crippen LogP contribution in [0.2, 0.25) is 0 Å². The van der Waals surface area contributed by atoms with E-state index in [-0.39, 0.29) is 37.4 Å². The van der Waals surface area contributed by atoms with Gasteiger partial charge in [-0.25, -0.2) is 5.01 Å². The number of rotatable bonds is 4. The first-order chi connectivity index (χ1) is 10.7. The number of hydrogen-bond donors (Lipinski definition) is 2. The molecule has 1 aromatic rings. The summed E-state index contributed by atoms with van der Waals surface area (Å²) in [7, 11) is 0. The Morgan fingerprint density at radius 2 is 2.32 bits per heavy atom. The van der Waals surface area contributed by atoms with Crippen LogP contribution in [0.15, 0.2) is 21.8 Å². The molecule has 1 atom stereocenters. The van der Waals surface area contributed by atoms with Gasteiger partial charge >= 0.3 is 0 Å². The fraction of sp³-hybridized carbons (Fsp3) is 0.533. The fourth-order valence-electron chi connectivity index (χ4n) is 2.91. The summed E-state index contributed by atoms with van der Waals surface area (Å²) in [5, 5.41) is 17.1. The van der Waals surface area contributed by atoms with Gasteiger partial charge in [-0.05, 0) is 18.9 Å². The molecule has 118 valence electrons. The number of fused-ring (bicyclic) bond motifs is 1. The number of hydrogen-bond acceptors (Lipinski definition) is 5. The number of aliphatic hydroxyl groups is 1. The summed E-state index contributed by atoms with van der Waals surface area (Å²) in [6.45, 7) is -0.0595. The molecular weight excluding hydrogens is 286 g/mol. The maximum Gasteiger partial charge on any atom is 0.267 e. The third-order valence-electron chi connectivity index (χ3n) is 4.04. The summed E-state index contributed by atoms with van der Waals surface area (Å²) in [5.41, 5.74) is 1.36. The number of nitrogens with zero attached hydrogens (tertiary/aromatic N) is 2. The van der Waals surface area contributed by atoms with E-state index < -0.39 is 0 Å². The highest BCUT2D eigenvalue weighted by Gasteiger charge is 2.28. The minimum absolute atomic E-state index is 0.0679. The van der Waals surface area contributed by atoms with Crippen LogP contribution in [-0.2, 0) is 16.0 Å². The van der Waals surface area contributed by atoms with Gasteiger partial charge in [0.25, 0.3) is 5.91 Å². The van der Waals surface area contributed by atoms with Crippen LogP contribution in [0, 0.1) is 0 Å². The van der Waals surface area contributed by atoms with E-state index in [0.717, 1.165) is 30.6 Å². The Balaban J connectivity index is 1.70. The van der Waals surface area contributed by atoms with Crippen molar-refractivity contribution in [2.45, 2.75) is 38.1 Å². The van der Waals surface area contributed by atoms with Crippen LogP contribution in [-0.4, -0.2) is 40.8 Å². The van der Waals surface area contributed by atoms with E-state index in [2.05, 4.69) is 10.4 Å². The average molecular weight is 305 g/mol. The van der Waals surface area contributed by atoms with Gasteiger partial charge in [-0.2, -0.15) is 5.10 Å². The van der Waals surface area contributed by atoms with Gasteiger partial charge in [0.05, 0.1) is 25.5 Å². The molecule has 1 aromatic heterocycles. The van der Waals surface area contributed by atoms with Gasteiger partial charge in [0.15, 0.2) is 0 Å². The molecule has 7 nitrogen and oxygen atoms in total. The number of hydrazone groups is 1. The van der Waals surface area contributed by atoms with Gasteiger partial charge in [0, 0.05) is 24.8 Å². The van der Waals surface area contributed by atoms with E-state index >= 15 is 0 Å². The van der Waals surface area contributed by atoms with Crippen molar-refractivity contribution in [1.29, 1.82) is 0 Å². The minimum Gasteiger partial charge on any atom is -0.469 e. The van der Waals surface area contributed by atoms with Crippen molar-refractivity contribution in [3.05, 3.63) is 23.7 Å². The van der Waals surface area contributed by atoms with Crippen LogP contribution in [0.25, 0.3) is 0 Å². The van der Waals surface area contributed by atoms with Gasteiger partial charge in [0.1, 0.15) is 11.5 Å². The van der Waals surface area contributed by atoms with Crippen molar-refractivity contribution < 1.29 is 19.1 Å². The van der Waals surface area contributed by atoms with E-state index in [1.807, 2.05) is 6.07 Å². The summed E-state index contributed by atoms with van der Waals surface area (Å²) in [6.07, 6.45) is 4.95. The Morgan fingerprint density at radius 3 is 3.14 bits per heavy atom. The van der Waals surface area contributed by atoms with Crippen LogP contribution >= 0.6 is 0 Å². The minimum atomic E-state index is -0.255. The molecule has 0 bridgehead atoms. The SMILES string of the molecule is O=C(NC1CCCc2occc21)C1=NN(CCO)C(=O)CC1. The Kier molecular flexibility index (Phi) is 4.24. The second-order valence-corrected chi connectivity index (χ2v) is 5.50. The van der Waals surface area contributed by atoms with Gasteiger partial charge < -0.3 is 14.8 Å². The summed E-state index contributed by atoms with van der Waals surface area (Å²) in [4.78, 5) is 24.0. The van der Waals surface area contributed by atoms with Crippen molar-refractivity contribution in [3.63, 3.8) is 0 Å². The molecule has 22 heavy (non-hydrogen) atoms. The number of furan rings is 1. The van der Waals surface area contributed by atoms with E-state index in [1.54, 1.807) is 6.26 Å². The molecule has 2 aliphatic rings. The monoisotopic (exact) mass is 305 g/mol. The summed E-state index contributed by atoms with van der Waals surface area (Å²) >= 11 is 0. The summed E-state index contributed by atoms with van der Waals surface area (Å²) < 4.78 is 5.41. The second-order valence-electron chi connectivity index (χ2n) is 5.50. The average Bonchev–Trinajstić information content (AvgIpc) is 2.99. The molecular formula is C15H19N3O4. The fourth-order valence-corrected chi connectivity index (χ4v) is 2.91. The Hall–Kier alpha value is -2.15. The van der Waals surface area contributed by atoms with E-state index in [9.17, 15) is 9.59 Å². The van der Waals surface area contributed by atoms with Crippen LogP contribution in [0.5, 0.6) is 0 Å². The van der Waals surface area contributed by atoms with Crippen LogP contribution in [0.4, 0.5) is 0 Å². The largest absolute Gasteiger partial charge is 0.469 e. The number of amides is 2. The number of nitrogens with one attached hydrogen (secondary N) is 1. The highest BCUT2D eigenvalue weighted by Crippen LogP contribution is 2.30. The lowest BCUT2D eigenvalue weighted by Gasteiger charge is -2.25. The maximum atomic E-state index is 12.4. The zero-order valence-corrected chi connectivity index (χ0v) is 12.2. The molecule has 0 radical (unpaired) electrons. The first-order valence-electron chi connectivity index (χ1n) is 7.55. The Labute approximate surface area is 128 Å². The molecule has 1 aliphatic carbocycles. The van der Waals surface area contributed by atoms with E-state index in [0.29, 0.717) is 12.1 Å². The van der Waals surface area contributed by atoms with E-state index in [1.165, 1.54) is 5.01 Å². The lowest BCUT2D eigenvalue weighted by atomic mass is 9.93. The number of β-amino-alcohol motifs (C(OH)–C–C–N with tert-alkyl or cyclic N) is 1. The number of carbonyl (C=O) groups is 2. The topological polar surface area (TPSA) is 95.1 Å². The molecule has 7 heteroatoms. The quantitative estimate of drug-likeness (QED) is 0.858. The predicted octanol–water partition coefficient (Wildman–Crippen LogP) is 0.744. The van der Waals surface area contributed by atoms with Gasteiger partial charge in [0.2, 0.25) is 5.91 Å². The Bertz CT molecular complexity index is 608. The van der Waals surface area contributed by atoms with Crippen LogP contribution in [0.3, 0.4) is 0 Å². The molecule has 0 saturated carbocycles. The van der Waals surface area contributed by atoms with Crippen LogP contribution < -0.4 is 5.32 Å². The molecule has 3 rings (SSSR count). The molecule has 1 aliphatic heterocycles. The standard InChI is InChI=1S/C15H19N3O4/c19-8-7-18-14(20)5-4-12(17-18)15(21)16-11-2-1-3-13-10(11)6-9-22-13/h6,9,11,19H,1-5,7-8H2,(H,16,21). The molecule has 0 fully saturated rings. The van der Waals surface area contributed by atoms with Crippen molar-refractivity contribution in [2.24, 2.45) is 5.10 Å². The number of carbonyl (C=O) groups excluding carboxylic acids is 2. The molecule has 2 heterocycles. The second kappa shape index (κ2) is 6.31. The van der Waals surface area contributed by atoms with Gasteiger partial charge in [-0.15, -0.1) is 0 Å². The first-order valence-corrected chi connectivity index (χ1v) is 7.55. The molecule has 0 aromatic carbocycles. The smallest absolute Gasteiger partial charge is 0.267 e. The maximum absolute atomic E-state index is 12.4. The molecule has 1 unspecified atom stereocenters. The number of aryl methyl sites for hydroxylation is 1.